The number of aromatic nitrogens is 2. The van der Waals surface area contributed by atoms with Crippen LogP contribution in [0.5, 0.6) is 0 Å². The lowest BCUT2D eigenvalue weighted by atomic mass is 9.95. The molecule has 18 heavy (non-hydrogen) atoms. The molecule has 0 radical (unpaired) electrons. The van der Waals surface area contributed by atoms with Gasteiger partial charge in [0.1, 0.15) is 5.56 Å². The first-order chi connectivity index (χ1) is 8.52. The minimum atomic E-state index is -1.29. The van der Waals surface area contributed by atoms with E-state index in [0.29, 0.717) is 5.69 Å². The number of hydrogen-bond donors (Lipinski definition) is 2. The van der Waals surface area contributed by atoms with Crippen LogP contribution in [0.2, 0.25) is 0 Å². The van der Waals surface area contributed by atoms with E-state index in [9.17, 15) is 9.59 Å². The summed E-state index contributed by atoms with van der Waals surface area (Å²) < 4.78 is 1.59. The molecule has 2 N–H and O–H groups in total. The van der Waals surface area contributed by atoms with Crippen LogP contribution in [-0.4, -0.2) is 31.9 Å². The molecule has 0 aliphatic heterocycles. The minimum absolute atomic E-state index is 0.130. The predicted octanol–water partition coefficient (Wildman–Crippen LogP) is 2.09. The van der Waals surface area contributed by atoms with Crippen molar-refractivity contribution >= 4 is 11.9 Å². The summed E-state index contributed by atoms with van der Waals surface area (Å²) in [5.41, 5.74) is -0.106. The number of nitrogens with zero attached hydrogens (tertiary/aromatic N) is 2. The van der Waals surface area contributed by atoms with Crippen molar-refractivity contribution in [3.8, 4) is 0 Å². The van der Waals surface area contributed by atoms with Crippen LogP contribution in [0, 0.1) is 6.92 Å². The summed E-state index contributed by atoms with van der Waals surface area (Å²) in [6.45, 7) is 1.62. The molecule has 1 aliphatic carbocycles. The van der Waals surface area contributed by atoms with Gasteiger partial charge in [0, 0.05) is 0 Å². The highest BCUT2D eigenvalue weighted by Crippen LogP contribution is 2.30. The van der Waals surface area contributed by atoms with Crippen LogP contribution in [0.25, 0.3) is 0 Å². The molecule has 1 saturated carbocycles. The van der Waals surface area contributed by atoms with Crippen molar-refractivity contribution in [1.29, 1.82) is 0 Å². The minimum Gasteiger partial charge on any atom is -0.478 e. The van der Waals surface area contributed by atoms with Gasteiger partial charge in [0.2, 0.25) is 0 Å². The first-order valence-electron chi connectivity index (χ1n) is 6.08. The Morgan fingerprint density at radius 2 is 1.78 bits per heavy atom. The van der Waals surface area contributed by atoms with E-state index < -0.39 is 11.9 Å². The van der Waals surface area contributed by atoms with Gasteiger partial charge in [-0.05, 0) is 19.8 Å². The normalized spacial score (nSPS) is 16.7. The van der Waals surface area contributed by atoms with Crippen molar-refractivity contribution in [2.75, 3.05) is 0 Å². The van der Waals surface area contributed by atoms with Crippen molar-refractivity contribution in [1.82, 2.24) is 9.78 Å². The molecule has 6 nitrogen and oxygen atoms in total. The van der Waals surface area contributed by atoms with Gasteiger partial charge in [-0.3, -0.25) is 4.68 Å². The van der Waals surface area contributed by atoms with Gasteiger partial charge in [0.05, 0.1) is 11.7 Å². The van der Waals surface area contributed by atoms with Crippen molar-refractivity contribution in [2.45, 2.75) is 45.1 Å². The molecule has 0 aromatic carbocycles. The Hall–Kier alpha value is -1.85. The molecule has 6 heteroatoms. The highest BCUT2D eigenvalue weighted by Gasteiger charge is 2.28. The summed E-state index contributed by atoms with van der Waals surface area (Å²) in [6, 6.07) is 0.130. The Bertz CT molecular complexity index is 487. The van der Waals surface area contributed by atoms with Gasteiger partial charge in [-0.2, -0.15) is 5.10 Å². The number of aromatic carboxylic acids is 2. The quantitative estimate of drug-likeness (QED) is 0.859. The summed E-state index contributed by atoms with van der Waals surface area (Å²) in [4.78, 5) is 22.2. The van der Waals surface area contributed by atoms with Crippen molar-refractivity contribution < 1.29 is 19.8 Å². The number of carboxylic acids is 2. The molecule has 1 aromatic rings. The van der Waals surface area contributed by atoms with Crippen LogP contribution < -0.4 is 0 Å². The lowest BCUT2D eigenvalue weighted by Gasteiger charge is -2.23. The molecule has 1 fully saturated rings. The average molecular weight is 252 g/mol. The Labute approximate surface area is 104 Å². The van der Waals surface area contributed by atoms with Crippen molar-refractivity contribution in [3.05, 3.63) is 17.0 Å². The highest BCUT2D eigenvalue weighted by atomic mass is 16.4. The zero-order chi connectivity index (χ0) is 13.3. The summed E-state index contributed by atoms with van der Waals surface area (Å²) in [5, 5.41) is 22.1. The maximum atomic E-state index is 11.1. The second-order valence-corrected chi connectivity index (χ2v) is 4.66. The standard InChI is InChI=1S/C12H16N2O4/c1-7-9(11(15)16)10(12(17)18)13-14(7)8-5-3-2-4-6-8/h8H,2-6H2,1H3,(H,15,16)(H,17,18). The van der Waals surface area contributed by atoms with E-state index in [4.69, 9.17) is 10.2 Å². The van der Waals surface area contributed by atoms with Crippen molar-refractivity contribution in [3.63, 3.8) is 0 Å². The number of carbonyl (C=O) groups is 2. The third-order valence-electron chi connectivity index (χ3n) is 3.49. The lowest BCUT2D eigenvalue weighted by Crippen LogP contribution is -2.16. The summed E-state index contributed by atoms with van der Waals surface area (Å²) in [5.74, 6) is -2.52. The lowest BCUT2D eigenvalue weighted by molar-refractivity contribution is 0.0647. The molecule has 98 valence electrons. The van der Waals surface area contributed by atoms with Gasteiger partial charge >= 0.3 is 11.9 Å². The molecule has 0 amide bonds. The van der Waals surface area contributed by atoms with E-state index in [0.717, 1.165) is 25.7 Å². The molecule has 0 atom stereocenters. The molecule has 1 aliphatic rings. The molecule has 0 bridgehead atoms. The highest BCUT2D eigenvalue weighted by molar-refractivity contribution is 6.01. The van der Waals surface area contributed by atoms with Crippen LogP contribution in [0.4, 0.5) is 0 Å². The second-order valence-electron chi connectivity index (χ2n) is 4.66. The molecule has 2 rings (SSSR count). The van der Waals surface area contributed by atoms with Gasteiger partial charge in [-0.25, -0.2) is 9.59 Å². The SMILES string of the molecule is Cc1c(C(=O)O)c(C(=O)O)nn1C1CCCCC1. The van der Waals surface area contributed by atoms with E-state index in [1.54, 1.807) is 11.6 Å². The van der Waals surface area contributed by atoms with Crippen LogP contribution >= 0.6 is 0 Å². The first-order valence-corrected chi connectivity index (χ1v) is 6.08. The van der Waals surface area contributed by atoms with E-state index >= 15 is 0 Å². The van der Waals surface area contributed by atoms with Gasteiger partial charge < -0.3 is 10.2 Å². The topological polar surface area (TPSA) is 92.4 Å². The van der Waals surface area contributed by atoms with Crippen LogP contribution in [0.15, 0.2) is 0 Å². The van der Waals surface area contributed by atoms with E-state index in [2.05, 4.69) is 5.10 Å². The maximum absolute atomic E-state index is 11.1. The molecule has 0 spiro atoms. The van der Waals surface area contributed by atoms with Gasteiger partial charge in [-0.15, -0.1) is 0 Å². The third kappa shape index (κ3) is 2.10. The van der Waals surface area contributed by atoms with E-state index in [-0.39, 0.29) is 17.3 Å². The third-order valence-corrected chi connectivity index (χ3v) is 3.49. The summed E-state index contributed by atoms with van der Waals surface area (Å²) in [6.07, 6.45) is 5.19. The zero-order valence-corrected chi connectivity index (χ0v) is 10.2. The molecule has 1 heterocycles. The Balaban J connectivity index is 2.45. The van der Waals surface area contributed by atoms with E-state index in [1.165, 1.54) is 6.42 Å². The molecule has 1 aromatic heterocycles. The maximum Gasteiger partial charge on any atom is 0.357 e. The Morgan fingerprint density at radius 3 is 2.22 bits per heavy atom. The molecule has 0 unspecified atom stereocenters. The summed E-state index contributed by atoms with van der Waals surface area (Å²) >= 11 is 0. The largest absolute Gasteiger partial charge is 0.478 e. The van der Waals surface area contributed by atoms with Crippen LogP contribution in [-0.2, 0) is 0 Å². The van der Waals surface area contributed by atoms with Crippen molar-refractivity contribution in [2.24, 2.45) is 0 Å². The number of hydrogen-bond acceptors (Lipinski definition) is 3. The Morgan fingerprint density at radius 1 is 1.17 bits per heavy atom. The average Bonchev–Trinajstić information content (AvgIpc) is 2.68. The number of rotatable bonds is 3. The zero-order valence-electron chi connectivity index (χ0n) is 10.2. The molecular weight excluding hydrogens is 236 g/mol. The second kappa shape index (κ2) is 4.80. The fourth-order valence-electron chi connectivity index (χ4n) is 2.61. The summed E-state index contributed by atoms with van der Waals surface area (Å²) in [7, 11) is 0. The first kappa shape index (κ1) is 12.6. The monoisotopic (exact) mass is 252 g/mol. The van der Waals surface area contributed by atoms with Crippen LogP contribution in [0.3, 0.4) is 0 Å². The smallest absolute Gasteiger partial charge is 0.357 e. The fraction of sp³-hybridized carbons (Fsp3) is 0.583. The van der Waals surface area contributed by atoms with Gasteiger partial charge in [0.25, 0.3) is 0 Å². The Kier molecular flexibility index (Phi) is 3.36. The van der Waals surface area contributed by atoms with E-state index in [1.807, 2.05) is 0 Å². The van der Waals surface area contributed by atoms with Crippen LogP contribution in [0.1, 0.15) is 64.7 Å². The molecular formula is C12H16N2O4. The number of carboxylic acid groups (broad SMARTS) is 2. The molecule has 0 saturated heterocycles. The fourth-order valence-corrected chi connectivity index (χ4v) is 2.61. The van der Waals surface area contributed by atoms with Gasteiger partial charge in [0.15, 0.2) is 5.69 Å². The van der Waals surface area contributed by atoms with Gasteiger partial charge in [-0.1, -0.05) is 19.3 Å². The predicted molar refractivity (Wildman–Crippen MR) is 63.0 cm³/mol.